The Kier molecular flexibility index (Phi) is 5.53. The molecule has 1 unspecified atom stereocenters. The lowest BCUT2D eigenvalue weighted by atomic mass is 10.2. The van der Waals surface area contributed by atoms with E-state index in [1.165, 1.54) is 11.3 Å². The maximum Gasteiger partial charge on any atom is 0.266 e. The molecule has 0 aliphatic heterocycles. The van der Waals surface area contributed by atoms with E-state index in [0.717, 1.165) is 10.6 Å². The van der Waals surface area contributed by atoms with E-state index in [0.29, 0.717) is 15.9 Å². The zero-order valence-corrected chi connectivity index (χ0v) is 15.4. The van der Waals surface area contributed by atoms with Gasteiger partial charge in [-0.15, -0.1) is 10.2 Å². The second-order valence-electron chi connectivity index (χ2n) is 5.08. The number of amides is 1. The molecule has 0 fully saturated rings. The number of halogens is 2. The SMILES string of the molecule is CC(Oc1cccc(Cl)c1Cl)C(=O)Nc1nnc(-c2ccccc2)s1. The van der Waals surface area contributed by atoms with Crippen LogP contribution in [0.15, 0.2) is 48.5 Å². The van der Waals surface area contributed by atoms with E-state index < -0.39 is 6.10 Å². The first-order valence-electron chi connectivity index (χ1n) is 7.35. The van der Waals surface area contributed by atoms with Crippen LogP contribution in [0.3, 0.4) is 0 Å². The largest absolute Gasteiger partial charge is 0.479 e. The van der Waals surface area contributed by atoms with E-state index in [1.54, 1.807) is 25.1 Å². The molecular formula is C17H13Cl2N3O2S. The van der Waals surface area contributed by atoms with Crippen molar-refractivity contribution in [1.82, 2.24) is 10.2 Å². The molecule has 1 amide bonds. The molecule has 0 radical (unpaired) electrons. The summed E-state index contributed by atoms with van der Waals surface area (Å²) >= 11 is 13.3. The lowest BCUT2D eigenvalue weighted by Gasteiger charge is -2.14. The summed E-state index contributed by atoms with van der Waals surface area (Å²) in [5.41, 5.74) is 0.940. The molecule has 0 spiro atoms. The first kappa shape index (κ1) is 17.7. The number of carbonyl (C=O) groups excluding carboxylic acids is 1. The fraction of sp³-hybridized carbons (Fsp3) is 0.118. The van der Waals surface area contributed by atoms with Crippen LogP contribution in [0.25, 0.3) is 10.6 Å². The summed E-state index contributed by atoms with van der Waals surface area (Å²) in [6, 6.07) is 14.6. The van der Waals surface area contributed by atoms with Gasteiger partial charge in [-0.05, 0) is 19.1 Å². The van der Waals surface area contributed by atoms with E-state index >= 15 is 0 Å². The Morgan fingerprint density at radius 2 is 1.88 bits per heavy atom. The maximum absolute atomic E-state index is 12.3. The summed E-state index contributed by atoms with van der Waals surface area (Å²) in [6.07, 6.45) is -0.778. The monoisotopic (exact) mass is 393 g/mol. The zero-order valence-electron chi connectivity index (χ0n) is 13.1. The van der Waals surface area contributed by atoms with Crippen LogP contribution in [0.4, 0.5) is 5.13 Å². The van der Waals surface area contributed by atoms with Crippen LogP contribution in [0, 0.1) is 0 Å². The minimum atomic E-state index is -0.778. The molecule has 25 heavy (non-hydrogen) atoms. The molecule has 1 atom stereocenters. The van der Waals surface area contributed by atoms with Crippen molar-refractivity contribution in [1.29, 1.82) is 0 Å². The molecule has 3 aromatic rings. The third-order valence-corrected chi connectivity index (χ3v) is 4.95. The highest BCUT2D eigenvalue weighted by Gasteiger charge is 2.19. The van der Waals surface area contributed by atoms with Crippen LogP contribution in [-0.2, 0) is 4.79 Å². The molecule has 3 rings (SSSR count). The molecule has 1 aromatic heterocycles. The van der Waals surface area contributed by atoms with Crippen molar-refractivity contribution in [2.24, 2.45) is 0 Å². The normalized spacial score (nSPS) is 11.8. The molecule has 0 bridgehead atoms. The quantitative estimate of drug-likeness (QED) is 0.667. The standard InChI is InChI=1S/C17H13Cl2N3O2S/c1-10(24-13-9-5-8-12(18)14(13)19)15(23)20-17-22-21-16(25-17)11-6-3-2-4-7-11/h2-10H,1H3,(H,20,22,23). The summed E-state index contributed by atoms with van der Waals surface area (Å²) in [7, 11) is 0. The molecule has 5 nitrogen and oxygen atoms in total. The molecule has 0 saturated carbocycles. The maximum atomic E-state index is 12.3. The number of carbonyl (C=O) groups is 1. The Morgan fingerprint density at radius 1 is 1.12 bits per heavy atom. The number of anilines is 1. The van der Waals surface area contributed by atoms with Crippen molar-refractivity contribution in [3.8, 4) is 16.3 Å². The van der Waals surface area contributed by atoms with Gasteiger partial charge in [0, 0.05) is 5.56 Å². The predicted octanol–water partition coefficient (Wildman–Crippen LogP) is 4.92. The van der Waals surface area contributed by atoms with Crippen molar-refractivity contribution >= 4 is 45.6 Å². The number of aromatic nitrogens is 2. The van der Waals surface area contributed by atoms with Gasteiger partial charge in [-0.3, -0.25) is 10.1 Å². The number of nitrogens with one attached hydrogen (secondary N) is 1. The van der Waals surface area contributed by atoms with Crippen molar-refractivity contribution in [2.75, 3.05) is 5.32 Å². The number of ether oxygens (including phenoxy) is 1. The van der Waals surface area contributed by atoms with E-state index in [1.807, 2.05) is 30.3 Å². The lowest BCUT2D eigenvalue weighted by Crippen LogP contribution is -2.30. The lowest BCUT2D eigenvalue weighted by molar-refractivity contribution is -0.122. The van der Waals surface area contributed by atoms with Gasteiger partial charge in [-0.1, -0.05) is 70.9 Å². The van der Waals surface area contributed by atoms with E-state index in [4.69, 9.17) is 27.9 Å². The summed E-state index contributed by atoms with van der Waals surface area (Å²) in [6.45, 7) is 1.62. The fourth-order valence-corrected chi connectivity index (χ4v) is 3.09. The number of rotatable bonds is 5. The van der Waals surface area contributed by atoms with Crippen molar-refractivity contribution < 1.29 is 9.53 Å². The highest BCUT2D eigenvalue weighted by molar-refractivity contribution is 7.18. The van der Waals surface area contributed by atoms with Crippen LogP contribution in [0.2, 0.25) is 10.0 Å². The van der Waals surface area contributed by atoms with Crippen molar-refractivity contribution in [2.45, 2.75) is 13.0 Å². The van der Waals surface area contributed by atoms with Gasteiger partial charge < -0.3 is 4.74 Å². The average molecular weight is 394 g/mol. The molecule has 128 valence electrons. The Balaban J connectivity index is 1.66. The van der Waals surface area contributed by atoms with Gasteiger partial charge in [0.25, 0.3) is 5.91 Å². The van der Waals surface area contributed by atoms with Gasteiger partial charge in [0.1, 0.15) is 15.8 Å². The molecule has 8 heteroatoms. The Labute approximate surface area is 158 Å². The van der Waals surface area contributed by atoms with Gasteiger partial charge in [0.2, 0.25) is 5.13 Å². The number of hydrogen-bond donors (Lipinski definition) is 1. The second kappa shape index (κ2) is 7.82. The zero-order chi connectivity index (χ0) is 17.8. The predicted molar refractivity (Wildman–Crippen MR) is 101 cm³/mol. The van der Waals surface area contributed by atoms with Gasteiger partial charge in [0.15, 0.2) is 6.10 Å². The van der Waals surface area contributed by atoms with Crippen LogP contribution >= 0.6 is 34.5 Å². The summed E-state index contributed by atoms with van der Waals surface area (Å²) in [4.78, 5) is 12.3. The minimum absolute atomic E-state index is 0.270. The number of hydrogen-bond acceptors (Lipinski definition) is 5. The van der Waals surface area contributed by atoms with Crippen molar-refractivity contribution in [3.63, 3.8) is 0 Å². The van der Waals surface area contributed by atoms with E-state index in [9.17, 15) is 4.79 Å². The Hall–Kier alpha value is -2.15. The smallest absolute Gasteiger partial charge is 0.266 e. The summed E-state index contributed by atoms with van der Waals surface area (Å²) in [5.74, 6) is -0.00846. The fourth-order valence-electron chi connectivity index (χ4n) is 2.00. The van der Waals surface area contributed by atoms with Crippen LogP contribution < -0.4 is 10.1 Å². The first-order chi connectivity index (χ1) is 12.0. The summed E-state index contributed by atoms with van der Waals surface area (Å²) < 4.78 is 5.58. The first-order valence-corrected chi connectivity index (χ1v) is 8.92. The highest BCUT2D eigenvalue weighted by atomic mass is 35.5. The molecule has 2 aromatic carbocycles. The van der Waals surface area contributed by atoms with E-state index in [2.05, 4.69) is 15.5 Å². The number of nitrogens with zero attached hydrogens (tertiary/aromatic N) is 2. The van der Waals surface area contributed by atoms with Gasteiger partial charge in [0.05, 0.1) is 5.02 Å². The van der Waals surface area contributed by atoms with Gasteiger partial charge >= 0.3 is 0 Å². The minimum Gasteiger partial charge on any atom is -0.479 e. The van der Waals surface area contributed by atoms with Gasteiger partial charge in [-0.2, -0.15) is 0 Å². The summed E-state index contributed by atoms with van der Waals surface area (Å²) in [5, 5.41) is 12.5. The molecule has 0 saturated heterocycles. The molecule has 0 aliphatic rings. The van der Waals surface area contributed by atoms with Crippen molar-refractivity contribution in [3.05, 3.63) is 58.6 Å². The molecule has 1 heterocycles. The Bertz CT molecular complexity index is 887. The third-order valence-electron chi connectivity index (χ3n) is 3.27. The number of benzene rings is 2. The topological polar surface area (TPSA) is 64.1 Å². The molecule has 1 N–H and O–H groups in total. The van der Waals surface area contributed by atoms with E-state index in [-0.39, 0.29) is 10.9 Å². The van der Waals surface area contributed by atoms with Crippen LogP contribution in [0.5, 0.6) is 5.75 Å². The highest BCUT2D eigenvalue weighted by Crippen LogP contribution is 2.32. The van der Waals surface area contributed by atoms with Gasteiger partial charge in [-0.25, -0.2) is 0 Å². The molecule has 0 aliphatic carbocycles. The molecular weight excluding hydrogens is 381 g/mol. The second-order valence-corrected chi connectivity index (χ2v) is 6.84. The van der Waals surface area contributed by atoms with Crippen LogP contribution in [0.1, 0.15) is 6.92 Å². The third kappa shape index (κ3) is 4.28. The van der Waals surface area contributed by atoms with Crippen LogP contribution in [-0.4, -0.2) is 22.2 Å². The average Bonchev–Trinajstić information content (AvgIpc) is 3.08. The Morgan fingerprint density at radius 3 is 2.64 bits per heavy atom.